The Kier molecular flexibility index (Phi) is 11.6. The Labute approximate surface area is 234 Å². The summed E-state index contributed by atoms with van der Waals surface area (Å²) in [6.07, 6.45) is 0.456. The first kappa shape index (κ1) is 32.3. The molecule has 0 aliphatic carbocycles. The van der Waals surface area contributed by atoms with Crippen molar-refractivity contribution in [1.29, 1.82) is 0 Å². The highest BCUT2D eigenvalue weighted by atomic mass is 28.4. The third-order valence-electron chi connectivity index (χ3n) is 5.52. The fraction of sp³-hybridized carbons (Fsp3) is 0.500. The van der Waals surface area contributed by atoms with Gasteiger partial charge in [0.25, 0.3) is 0 Å². The molecule has 216 valence electrons. The van der Waals surface area contributed by atoms with Crippen molar-refractivity contribution >= 4 is 29.0 Å². The van der Waals surface area contributed by atoms with Crippen molar-refractivity contribution in [3.05, 3.63) is 47.5 Å². The van der Waals surface area contributed by atoms with Crippen LogP contribution in [-0.2, 0) is 31.3 Å². The van der Waals surface area contributed by atoms with E-state index in [0.29, 0.717) is 35.8 Å². The number of rotatable bonds is 15. The Morgan fingerprint density at radius 1 is 0.744 bits per heavy atom. The molecular formula is C28H43NO8Si2. The van der Waals surface area contributed by atoms with Crippen molar-refractivity contribution in [2.45, 2.75) is 71.5 Å². The minimum Gasteiger partial charge on any atom is -0.493 e. The van der Waals surface area contributed by atoms with Gasteiger partial charge in [-0.1, -0.05) is 12.1 Å². The predicted octanol–water partition coefficient (Wildman–Crippen LogP) is 5.24. The molecule has 39 heavy (non-hydrogen) atoms. The minimum absolute atomic E-state index is 0.331. The smallest absolute Gasteiger partial charge is 0.308 e. The zero-order valence-electron chi connectivity index (χ0n) is 24.8. The number of carbonyl (C=O) groups is 2. The molecule has 0 saturated heterocycles. The zero-order chi connectivity index (χ0) is 29.4. The Hall–Kier alpha value is -2.87. The first-order valence-corrected chi connectivity index (χ1v) is 19.7. The fourth-order valence-corrected chi connectivity index (χ4v) is 6.08. The molecule has 0 bridgehead atoms. The van der Waals surface area contributed by atoms with Gasteiger partial charge in [-0.25, -0.2) is 0 Å². The van der Waals surface area contributed by atoms with Gasteiger partial charge in [0.2, 0.25) is 6.41 Å². The predicted molar refractivity (Wildman–Crippen MR) is 156 cm³/mol. The van der Waals surface area contributed by atoms with E-state index in [9.17, 15) is 9.59 Å². The van der Waals surface area contributed by atoms with E-state index in [2.05, 4.69) is 39.3 Å². The second-order valence-corrected chi connectivity index (χ2v) is 20.0. The van der Waals surface area contributed by atoms with Gasteiger partial charge in [0.1, 0.15) is 12.5 Å². The SMILES string of the molecule is COc1ccc(CC(O[Si](C)(C)C)N(C=O)C(Cc2ccc(OC(C)=O)c(OC)c2)O[Si](C)(C)C)cc1OC. The van der Waals surface area contributed by atoms with Crippen LogP contribution in [0.15, 0.2) is 36.4 Å². The highest BCUT2D eigenvalue weighted by molar-refractivity contribution is 6.70. The van der Waals surface area contributed by atoms with Gasteiger partial charge in [-0.2, -0.15) is 0 Å². The summed E-state index contributed by atoms with van der Waals surface area (Å²) >= 11 is 0. The van der Waals surface area contributed by atoms with Gasteiger partial charge in [-0.15, -0.1) is 0 Å². The molecule has 9 nitrogen and oxygen atoms in total. The van der Waals surface area contributed by atoms with Crippen molar-refractivity contribution in [2.75, 3.05) is 21.3 Å². The summed E-state index contributed by atoms with van der Waals surface area (Å²) in [5.41, 5.74) is 1.79. The number of hydrogen-bond donors (Lipinski definition) is 0. The van der Waals surface area contributed by atoms with Crippen LogP contribution in [0.4, 0.5) is 0 Å². The maximum Gasteiger partial charge on any atom is 0.308 e. The number of hydrogen-bond acceptors (Lipinski definition) is 8. The first-order valence-electron chi connectivity index (χ1n) is 12.8. The summed E-state index contributed by atoms with van der Waals surface area (Å²) in [6.45, 7) is 13.8. The van der Waals surface area contributed by atoms with E-state index >= 15 is 0 Å². The van der Waals surface area contributed by atoms with E-state index in [-0.39, 0.29) is 0 Å². The number of amides is 1. The molecule has 0 radical (unpaired) electrons. The van der Waals surface area contributed by atoms with Crippen LogP contribution >= 0.6 is 0 Å². The third-order valence-corrected chi connectivity index (χ3v) is 7.47. The van der Waals surface area contributed by atoms with E-state index in [1.54, 1.807) is 31.3 Å². The van der Waals surface area contributed by atoms with Crippen LogP contribution in [-0.4, -0.2) is 67.7 Å². The summed E-state index contributed by atoms with van der Waals surface area (Å²) in [5.74, 6) is 1.55. The molecule has 0 N–H and O–H groups in total. The van der Waals surface area contributed by atoms with Crippen LogP contribution in [0.3, 0.4) is 0 Å². The van der Waals surface area contributed by atoms with Crippen molar-refractivity contribution < 1.29 is 37.4 Å². The van der Waals surface area contributed by atoms with Gasteiger partial charge in [-0.05, 0) is 74.7 Å². The Balaban J connectivity index is 2.49. The highest BCUT2D eigenvalue weighted by Gasteiger charge is 2.34. The van der Waals surface area contributed by atoms with E-state index in [1.165, 1.54) is 14.0 Å². The minimum atomic E-state index is -2.11. The number of nitrogens with zero attached hydrogens (tertiary/aromatic N) is 1. The second kappa shape index (κ2) is 14.0. The molecular weight excluding hydrogens is 534 g/mol. The van der Waals surface area contributed by atoms with Gasteiger partial charge in [0.05, 0.1) is 21.3 Å². The molecule has 0 aliphatic heterocycles. The molecule has 0 heterocycles. The maximum absolute atomic E-state index is 12.7. The van der Waals surface area contributed by atoms with Crippen LogP contribution in [0.5, 0.6) is 23.0 Å². The highest BCUT2D eigenvalue weighted by Crippen LogP contribution is 2.32. The molecule has 2 aromatic carbocycles. The van der Waals surface area contributed by atoms with E-state index < -0.39 is 35.1 Å². The van der Waals surface area contributed by atoms with E-state index in [1.807, 2.05) is 24.3 Å². The van der Waals surface area contributed by atoms with Crippen molar-refractivity contribution in [3.8, 4) is 23.0 Å². The van der Waals surface area contributed by atoms with Gasteiger partial charge in [-0.3, -0.25) is 14.5 Å². The number of esters is 1. The second-order valence-electron chi connectivity index (χ2n) is 11.1. The lowest BCUT2D eigenvalue weighted by Gasteiger charge is -2.40. The summed E-state index contributed by atoms with van der Waals surface area (Å²) in [5, 5.41) is 0. The van der Waals surface area contributed by atoms with Crippen LogP contribution in [0.1, 0.15) is 18.1 Å². The molecule has 0 spiro atoms. The number of benzene rings is 2. The van der Waals surface area contributed by atoms with Crippen molar-refractivity contribution in [1.82, 2.24) is 4.90 Å². The Bertz CT molecular complexity index is 1110. The van der Waals surface area contributed by atoms with Crippen LogP contribution < -0.4 is 18.9 Å². The van der Waals surface area contributed by atoms with Gasteiger partial charge >= 0.3 is 5.97 Å². The molecule has 0 fully saturated rings. The number of methoxy groups -OCH3 is 3. The number of ether oxygens (including phenoxy) is 4. The Morgan fingerprint density at radius 3 is 1.51 bits per heavy atom. The average molecular weight is 578 g/mol. The van der Waals surface area contributed by atoms with Crippen LogP contribution in [0.2, 0.25) is 39.3 Å². The molecule has 2 unspecified atom stereocenters. The van der Waals surface area contributed by atoms with Crippen molar-refractivity contribution in [2.24, 2.45) is 0 Å². The van der Waals surface area contributed by atoms with Crippen molar-refractivity contribution in [3.63, 3.8) is 0 Å². The fourth-order valence-electron chi connectivity index (χ4n) is 4.04. The molecule has 0 aliphatic rings. The van der Waals surface area contributed by atoms with Gasteiger partial charge in [0.15, 0.2) is 39.6 Å². The summed E-state index contributed by atoms with van der Waals surface area (Å²) < 4.78 is 34.7. The first-order chi connectivity index (χ1) is 18.2. The van der Waals surface area contributed by atoms with Gasteiger partial charge < -0.3 is 27.8 Å². The molecule has 2 atom stereocenters. The molecule has 0 aromatic heterocycles. The lowest BCUT2D eigenvalue weighted by Crippen LogP contribution is -2.53. The quantitative estimate of drug-likeness (QED) is 0.0934. The van der Waals surface area contributed by atoms with Gasteiger partial charge in [0, 0.05) is 19.8 Å². The summed E-state index contributed by atoms with van der Waals surface area (Å²) in [7, 11) is 0.488. The number of carbonyl (C=O) groups excluding carboxylic acids is 2. The molecule has 2 rings (SSSR count). The average Bonchev–Trinajstić information content (AvgIpc) is 2.82. The van der Waals surface area contributed by atoms with E-state index in [0.717, 1.165) is 17.5 Å². The third kappa shape index (κ3) is 10.3. The molecule has 11 heteroatoms. The summed E-state index contributed by atoms with van der Waals surface area (Å²) in [6, 6.07) is 11.0. The largest absolute Gasteiger partial charge is 0.493 e. The van der Waals surface area contributed by atoms with Crippen LogP contribution in [0, 0.1) is 0 Å². The normalized spacial score (nSPS) is 13.3. The molecule has 0 saturated carbocycles. The Morgan fingerprint density at radius 2 is 1.15 bits per heavy atom. The standard InChI is InChI=1S/C28H43NO8Si2/c1-20(31)35-24-14-12-22(16-26(24)34-4)18-28(37-39(8,9)10)29(19-30)27(36-38(5,6)7)17-21-11-13-23(32-2)25(15-21)33-3/h11-16,19,27-28H,17-18H2,1-10H3. The topological polar surface area (TPSA) is 92.8 Å². The molecule has 2 aromatic rings. The zero-order valence-corrected chi connectivity index (χ0v) is 26.8. The lowest BCUT2D eigenvalue weighted by molar-refractivity contribution is -0.141. The maximum atomic E-state index is 12.7. The molecule has 1 amide bonds. The van der Waals surface area contributed by atoms with Crippen LogP contribution in [0.25, 0.3) is 0 Å². The summed E-state index contributed by atoms with van der Waals surface area (Å²) in [4.78, 5) is 25.9. The monoisotopic (exact) mass is 577 g/mol. The lowest BCUT2D eigenvalue weighted by atomic mass is 10.1. The van der Waals surface area contributed by atoms with E-state index in [4.69, 9.17) is 27.8 Å².